The number of aromatic amines is 2. The number of carbonyl (C=O) groups is 4. The number of amides is 3. The summed E-state index contributed by atoms with van der Waals surface area (Å²) in [5.74, 6) is -0.0874. The Morgan fingerprint density at radius 3 is 1.55 bits per heavy atom. The highest BCUT2D eigenvalue weighted by atomic mass is 79.9. The quantitative estimate of drug-likeness (QED) is 0.0195. The van der Waals surface area contributed by atoms with Crippen molar-refractivity contribution in [3.63, 3.8) is 0 Å². The number of nitrogens with one attached hydrogen (secondary N) is 7. The zero-order valence-corrected chi connectivity index (χ0v) is 49.0. The highest BCUT2D eigenvalue weighted by molar-refractivity contribution is 9.09. The van der Waals surface area contributed by atoms with Crippen molar-refractivity contribution in [2.45, 2.75) is 75.0 Å². The molecule has 2 fully saturated rings. The Morgan fingerprint density at radius 2 is 1.11 bits per heavy atom. The third-order valence-electron chi connectivity index (χ3n) is 13.5. The van der Waals surface area contributed by atoms with E-state index in [1.165, 1.54) is 18.3 Å². The van der Waals surface area contributed by atoms with Gasteiger partial charge >= 0.3 is 0 Å². The first kappa shape index (κ1) is 61.3. The van der Waals surface area contributed by atoms with Crippen molar-refractivity contribution in [2.24, 2.45) is 0 Å². The van der Waals surface area contributed by atoms with Gasteiger partial charge in [-0.05, 0) is 131 Å². The van der Waals surface area contributed by atoms with Crippen LogP contribution in [0.4, 0.5) is 32.1 Å². The number of aromatic nitrogens is 6. The van der Waals surface area contributed by atoms with Crippen LogP contribution < -0.4 is 32.3 Å². The van der Waals surface area contributed by atoms with E-state index in [9.17, 15) is 28.0 Å². The third kappa shape index (κ3) is 17.6. The summed E-state index contributed by atoms with van der Waals surface area (Å²) < 4.78 is 29.3. The van der Waals surface area contributed by atoms with E-state index in [0.29, 0.717) is 87.0 Å². The summed E-state index contributed by atoms with van der Waals surface area (Å²) in [4.78, 5) is 73.8. The molecule has 6 atom stereocenters. The summed E-state index contributed by atoms with van der Waals surface area (Å²) in [6.45, 7) is 0.655. The number of allylic oxidation sites excluding steroid dienone is 2. The number of carbonyl (C=O) groups excluding carboxylic acids is 4. The van der Waals surface area contributed by atoms with Crippen LogP contribution in [0.25, 0.3) is 44.3 Å². The van der Waals surface area contributed by atoms with Gasteiger partial charge in [-0.2, -0.15) is 0 Å². The molecule has 10 rings (SSSR count). The van der Waals surface area contributed by atoms with Gasteiger partial charge in [-0.15, -0.1) is 0 Å². The van der Waals surface area contributed by atoms with Crippen molar-refractivity contribution in [3.05, 3.63) is 167 Å². The van der Waals surface area contributed by atoms with E-state index >= 15 is 0 Å². The van der Waals surface area contributed by atoms with Gasteiger partial charge in [-0.1, -0.05) is 87.7 Å². The molecule has 3 amide bonds. The van der Waals surface area contributed by atoms with Crippen LogP contribution >= 0.6 is 50.7 Å². The highest BCUT2D eigenvalue weighted by Crippen LogP contribution is 2.35. The molecule has 2 aliphatic rings. The lowest BCUT2D eigenvalue weighted by Crippen LogP contribution is -2.45. The normalized spacial score (nSPS) is 18.7. The van der Waals surface area contributed by atoms with Crippen molar-refractivity contribution >= 4 is 119 Å². The van der Waals surface area contributed by atoms with Crippen LogP contribution in [0.1, 0.15) is 59.2 Å². The molecular formula is C60H61BrCl3F2N13O4. The van der Waals surface area contributed by atoms with E-state index < -0.39 is 17.6 Å². The van der Waals surface area contributed by atoms with Gasteiger partial charge in [0, 0.05) is 110 Å². The van der Waals surface area contributed by atoms with E-state index in [0.717, 1.165) is 32.9 Å². The Labute approximate surface area is 501 Å². The van der Waals surface area contributed by atoms with Crippen molar-refractivity contribution in [3.8, 4) is 22.5 Å². The fraction of sp³-hybridized carbons (Fsp3) is 0.267. The van der Waals surface area contributed by atoms with Gasteiger partial charge in [-0.3, -0.25) is 19.2 Å². The number of fused-ring (bicyclic) bond motifs is 2. The average Bonchev–Trinajstić information content (AvgIpc) is 4.31. The summed E-state index contributed by atoms with van der Waals surface area (Å²) in [5.41, 5.74) is 12.6. The predicted molar refractivity (Wildman–Crippen MR) is 331 cm³/mol. The number of rotatable bonds is 16. The molecule has 4 aromatic heterocycles. The third-order valence-corrected chi connectivity index (χ3v) is 14.5. The molecule has 0 spiro atoms. The molecule has 0 saturated heterocycles. The number of likely N-dealkylation sites (N-methyl/N-ethyl adjacent to an activating group) is 1. The second-order valence-corrected chi connectivity index (χ2v) is 22.0. The van der Waals surface area contributed by atoms with Crippen LogP contribution in [0.3, 0.4) is 0 Å². The molecule has 83 heavy (non-hydrogen) atoms. The van der Waals surface area contributed by atoms with Crippen LogP contribution in [0.2, 0.25) is 10.0 Å². The number of halogens is 6. The van der Waals surface area contributed by atoms with Gasteiger partial charge in [0.25, 0.3) is 11.8 Å². The van der Waals surface area contributed by atoms with Crippen molar-refractivity contribution in [2.75, 3.05) is 47.7 Å². The Hall–Kier alpha value is -7.75. The molecule has 4 heterocycles. The maximum atomic E-state index is 14.8. The number of H-pyrrole nitrogens is 2. The summed E-state index contributed by atoms with van der Waals surface area (Å²) >= 11 is 20.9. The molecular weight excluding hydrogens is 1190 g/mol. The smallest absolute Gasteiger partial charge is 0.251 e. The predicted octanol–water partition coefficient (Wildman–Crippen LogP) is 12.1. The van der Waals surface area contributed by atoms with E-state index in [2.05, 4.69) is 72.4 Å². The van der Waals surface area contributed by atoms with Crippen molar-refractivity contribution in [1.29, 1.82) is 0 Å². The molecule has 2 saturated carbocycles. The van der Waals surface area contributed by atoms with E-state index in [4.69, 9.17) is 40.5 Å². The Kier molecular flexibility index (Phi) is 21.8. The minimum absolute atomic E-state index is 0.222. The standard InChI is InChI=1S/C31H33ClFN7O2.C25H24ClFN6O.C4H4BrClO/c1-40(2)13-5-8-28(41)36-21-11-9-19(10-12-21)30(42)37-22-14-20(33)15-23(16-22)38-31-35-18-26(32)29(39-31)25-17-34-27-7-4-3-6-24(25)27;26-21-13-30-25(33-23(21)20-12-29-22-4-2-1-3-19(20)22)32-18-10-15(27)9-17(11-18)31-24(34)14-5-7-16(28)8-6-14;5-3-1-2-4(6)7/h3-12,17-18,20,22-23,34H,13-16H2,1-2H3,(H,36,41)(H,37,42)(H,35,38,39);1-8,12-13,15,17-18,29H,9-11,28H2,(H,31,34)(H,30,32,33);1-2H,3H2/b8-5+;;2-1+/t20-,22+,23-;15-,17+,18-;/m11./s1. The molecule has 0 aliphatic heterocycles. The van der Waals surface area contributed by atoms with Crippen LogP contribution in [-0.4, -0.2) is 120 Å². The first-order chi connectivity index (χ1) is 40.0. The zero-order valence-electron chi connectivity index (χ0n) is 45.2. The summed E-state index contributed by atoms with van der Waals surface area (Å²) in [5, 5.41) is 18.2. The molecule has 0 bridgehead atoms. The zero-order chi connectivity index (χ0) is 59.0. The summed E-state index contributed by atoms with van der Waals surface area (Å²) in [6, 6.07) is 27.8. The van der Waals surface area contributed by atoms with E-state index in [-0.39, 0.29) is 61.2 Å². The van der Waals surface area contributed by atoms with Gasteiger partial charge in [0.15, 0.2) is 0 Å². The monoisotopic (exact) mass is 1250 g/mol. The molecule has 17 nitrogen and oxygen atoms in total. The van der Waals surface area contributed by atoms with Gasteiger partial charge in [0.05, 0.1) is 33.8 Å². The number of nitrogens with two attached hydrogens (primary N) is 1. The van der Waals surface area contributed by atoms with Crippen molar-refractivity contribution < 1.29 is 28.0 Å². The Bertz CT molecular complexity index is 3590. The lowest BCUT2D eigenvalue weighted by atomic mass is 9.89. The topological polar surface area (TPSA) is 241 Å². The molecule has 9 N–H and O–H groups in total. The van der Waals surface area contributed by atoms with Crippen LogP contribution in [0, 0.1) is 0 Å². The van der Waals surface area contributed by atoms with Gasteiger partial charge in [0.1, 0.15) is 12.3 Å². The van der Waals surface area contributed by atoms with E-state index in [1.807, 2.05) is 79.9 Å². The number of nitrogen functional groups attached to an aromatic ring is 1. The minimum atomic E-state index is -1.10. The number of para-hydroxylation sites is 2. The fourth-order valence-electron chi connectivity index (χ4n) is 9.69. The fourth-order valence-corrected chi connectivity index (χ4v) is 10.4. The number of hydrogen-bond acceptors (Lipinski definition) is 12. The van der Waals surface area contributed by atoms with E-state index in [1.54, 1.807) is 66.9 Å². The summed E-state index contributed by atoms with van der Waals surface area (Å²) in [7, 11) is 3.83. The number of nitrogens with zero attached hydrogens (tertiary/aromatic N) is 5. The Morgan fingerprint density at radius 1 is 0.651 bits per heavy atom. The maximum absolute atomic E-state index is 14.8. The second-order valence-electron chi connectivity index (χ2n) is 20.1. The number of alkyl halides is 3. The molecule has 4 aromatic carbocycles. The molecule has 23 heteroatoms. The number of benzene rings is 4. The molecule has 0 unspecified atom stereocenters. The van der Waals surface area contributed by atoms with Crippen LogP contribution in [-0.2, 0) is 9.59 Å². The molecule has 432 valence electrons. The van der Waals surface area contributed by atoms with Crippen molar-refractivity contribution in [1.82, 2.24) is 45.4 Å². The van der Waals surface area contributed by atoms with Gasteiger partial charge in [0.2, 0.25) is 23.0 Å². The molecule has 8 aromatic rings. The molecule has 0 radical (unpaired) electrons. The SMILES string of the molecule is CN(C)C/C=C/C(=O)Nc1ccc(C(=O)N[C@H]2C[C@@H](F)C[C@@H](Nc3ncc(Cl)c(-c4c[nH]c5ccccc45)n3)C2)cc1.Nc1ccc(C(=O)N[C@H]2C[C@@H](F)C[C@@H](Nc3ncc(Cl)c(-c4c[nH]c5ccccc45)n3)C2)cc1.O=C(Cl)/C=C/CBr. The average molecular weight is 1250 g/mol. The van der Waals surface area contributed by atoms with Gasteiger partial charge in [-0.25, -0.2) is 28.7 Å². The second kappa shape index (κ2) is 29.5. The Balaban J connectivity index is 0.000000198. The first-order valence-electron chi connectivity index (χ1n) is 26.6. The van der Waals surface area contributed by atoms with Gasteiger partial charge < -0.3 is 47.2 Å². The maximum Gasteiger partial charge on any atom is 0.251 e. The number of anilines is 4. The minimum Gasteiger partial charge on any atom is -0.399 e. The first-order valence-corrected chi connectivity index (χ1v) is 28.8. The molecule has 2 aliphatic carbocycles. The lowest BCUT2D eigenvalue weighted by Gasteiger charge is -2.32. The van der Waals surface area contributed by atoms with Crippen LogP contribution in [0.15, 0.2) is 146 Å². The lowest BCUT2D eigenvalue weighted by molar-refractivity contribution is -0.112. The number of hydrogen-bond donors (Lipinski definition) is 8. The van der Waals surface area contributed by atoms with Crippen LogP contribution in [0.5, 0.6) is 0 Å². The summed E-state index contributed by atoms with van der Waals surface area (Å²) in [6.07, 6.45) is 13.0. The highest BCUT2D eigenvalue weighted by Gasteiger charge is 2.32. The largest absolute Gasteiger partial charge is 0.399 e.